The lowest BCUT2D eigenvalue weighted by atomic mass is 10.1. The first kappa shape index (κ1) is 16.6. The summed E-state index contributed by atoms with van der Waals surface area (Å²) in [7, 11) is 0. The Labute approximate surface area is 154 Å². The van der Waals surface area contributed by atoms with Gasteiger partial charge >= 0.3 is 0 Å². The van der Waals surface area contributed by atoms with E-state index in [0.717, 1.165) is 15.0 Å². The fourth-order valence-electron chi connectivity index (χ4n) is 2.51. The van der Waals surface area contributed by atoms with Gasteiger partial charge in [-0.2, -0.15) is 5.10 Å². The van der Waals surface area contributed by atoms with Crippen molar-refractivity contribution in [2.24, 2.45) is 0 Å². The van der Waals surface area contributed by atoms with Crippen molar-refractivity contribution in [1.29, 1.82) is 0 Å². The molecular weight excluding hydrogens is 415 g/mol. The standard InChI is InChI=1S/C18H17IN4O/c1-12(2)17-15(11-21-23(17)16-8-3-4-9-20-16)18(24)22-14-7-5-6-13(19)10-14/h3-12H,1-2H3,(H,22,24). The highest BCUT2D eigenvalue weighted by molar-refractivity contribution is 14.1. The molecule has 0 radical (unpaired) electrons. The van der Waals surface area contributed by atoms with Crippen molar-refractivity contribution in [2.45, 2.75) is 19.8 Å². The molecule has 5 nitrogen and oxygen atoms in total. The van der Waals surface area contributed by atoms with Gasteiger partial charge < -0.3 is 5.32 Å². The third-order valence-corrected chi connectivity index (χ3v) is 4.22. The van der Waals surface area contributed by atoms with Gasteiger partial charge in [0, 0.05) is 15.5 Å². The van der Waals surface area contributed by atoms with Crippen molar-refractivity contribution in [1.82, 2.24) is 14.8 Å². The maximum absolute atomic E-state index is 12.7. The number of benzene rings is 1. The van der Waals surface area contributed by atoms with E-state index in [2.05, 4.69) is 38.0 Å². The van der Waals surface area contributed by atoms with Crippen LogP contribution in [-0.4, -0.2) is 20.7 Å². The molecule has 0 aliphatic carbocycles. The van der Waals surface area contributed by atoms with E-state index in [4.69, 9.17) is 0 Å². The average molecular weight is 432 g/mol. The Balaban J connectivity index is 1.96. The van der Waals surface area contributed by atoms with Gasteiger partial charge in [0.2, 0.25) is 0 Å². The van der Waals surface area contributed by atoms with Crippen LogP contribution in [0.15, 0.2) is 54.9 Å². The highest BCUT2D eigenvalue weighted by atomic mass is 127. The van der Waals surface area contributed by atoms with Gasteiger partial charge in [-0.15, -0.1) is 0 Å². The topological polar surface area (TPSA) is 59.8 Å². The molecule has 122 valence electrons. The summed E-state index contributed by atoms with van der Waals surface area (Å²) in [4.78, 5) is 17.0. The Morgan fingerprint density at radius 1 is 1.21 bits per heavy atom. The lowest BCUT2D eigenvalue weighted by molar-refractivity contribution is 0.102. The van der Waals surface area contributed by atoms with E-state index >= 15 is 0 Å². The maximum atomic E-state index is 12.7. The van der Waals surface area contributed by atoms with Crippen molar-refractivity contribution < 1.29 is 4.79 Å². The normalized spacial score (nSPS) is 10.8. The van der Waals surface area contributed by atoms with Crippen LogP contribution >= 0.6 is 22.6 Å². The summed E-state index contributed by atoms with van der Waals surface area (Å²) < 4.78 is 2.80. The molecular formula is C18H17IN4O. The van der Waals surface area contributed by atoms with Crippen molar-refractivity contribution >= 4 is 34.2 Å². The van der Waals surface area contributed by atoms with Crippen LogP contribution < -0.4 is 5.32 Å². The minimum absolute atomic E-state index is 0.131. The number of aromatic nitrogens is 3. The SMILES string of the molecule is CC(C)c1c(C(=O)Nc2cccc(I)c2)cnn1-c1ccccn1. The van der Waals surface area contributed by atoms with Crippen LogP contribution in [0.1, 0.15) is 35.8 Å². The van der Waals surface area contributed by atoms with E-state index < -0.39 is 0 Å². The van der Waals surface area contributed by atoms with Crippen LogP contribution in [0.5, 0.6) is 0 Å². The number of amides is 1. The summed E-state index contributed by atoms with van der Waals surface area (Å²) in [6.07, 6.45) is 3.32. The molecule has 0 aliphatic heterocycles. The molecule has 3 aromatic rings. The monoisotopic (exact) mass is 432 g/mol. The summed E-state index contributed by atoms with van der Waals surface area (Å²) in [5.74, 6) is 0.670. The molecule has 0 atom stereocenters. The minimum Gasteiger partial charge on any atom is -0.322 e. The van der Waals surface area contributed by atoms with Crippen LogP contribution in [0, 0.1) is 3.57 Å². The Bertz CT molecular complexity index is 858. The number of hydrogen-bond donors (Lipinski definition) is 1. The van der Waals surface area contributed by atoms with Crippen LogP contribution in [0.25, 0.3) is 5.82 Å². The molecule has 24 heavy (non-hydrogen) atoms. The van der Waals surface area contributed by atoms with Crippen molar-refractivity contribution in [3.63, 3.8) is 0 Å². The Kier molecular flexibility index (Phi) is 4.94. The molecule has 0 fully saturated rings. The summed E-state index contributed by atoms with van der Waals surface area (Å²) >= 11 is 2.22. The second-order valence-electron chi connectivity index (χ2n) is 5.66. The summed E-state index contributed by atoms with van der Waals surface area (Å²) in [6.45, 7) is 4.08. The predicted molar refractivity (Wildman–Crippen MR) is 103 cm³/mol. The Hall–Kier alpha value is -2.22. The highest BCUT2D eigenvalue weighted by Gasteiger charge is 2.21. The van der Waals surface area contributed by atoms with E-state index in [1.807, 2.05) is 56.3 Å². The predicted octanol–water partition coefficient (Wildman–Crippen LogP) is 4.25. The Morgan fingerprint density at radius 3 is 2.71 bits per heavy atom. The molecule has 2 aromatic heterocycles. The van der Waals surface area contributed by atoms with Gasteiger partial charge in [-0.25, -0.2) is 9.67 Å². The molecule has 0 bridgehead atoms. The first-order valence-corrected chi connectivity index (χ1v) is 8.70. The minimum atomic E-state index is -0.164. The van der Waals surface area contributed by atoms with Gasteiger partial charge in [-0.05, 0) is 58.8 Å². The summed E-state index contributed by atoms with van der Waals surface area (Å²) in [6, 6.07) is 13.3. The van der Waals surface area contributed by atoms with Crippen LogP contribution in [0.4, 0.5) is 5.69 Å². The van der Waals surface area contributed by atoms with E-state index in [0.29, 0.717) is 11.4 Å². The van der Waals surface area contributed by atoms with Crippen LogP contribution in [0.2, 0.25) is 0 Å². The van der Waals surface area contributed by atoms with Crippen molar-refractivity contribution in [3.05, 3.63) is 69.7 Å². The molecule has 1 N–H and O–H groups in total. The first-order valence-electron chi connectivity index (χ1n) is 7.62. The number of pyridine rings is 1. The zero-order valence-corrected chi connectivity index (χ0v) is 15.6. The molecule has 0 saturated heterocycles. The van der Waals surface area contributed by atoms with E-state index in [1.54, 1.807) is 17.1 Å². The fraction of sp³-hybridized carbons (Fsp3) is 0.167. The second kappa shape index (κ2) is 7.12. The van der Waals surface area contributed by atoms with E-state index in [9.17, 15) is 4.79 Å². The molecule has 6 heteroatoms. The first-order chi connectivity index (χ1) is 11.6. The van der Waals surface area contributed by atoms with Gasteiger partial charge in [0.15, 0.2) is 5.82 Å². The third kappa shape index (κ3) is 3.48. The third-order valence-electron chi connectivity index (χ3n) is 3.55. The quantitative estimate of drug-likeness (QED) is 0.628. The number of carbonyl (C=O) groups is 1. The van der Waals surface area contributed by atoms with E-state index in [1.165, 1.54) is 0 Å². The van der Waals surface area contributed by atoms with Crippen LogP contribution in [0.3, 0.4) is 0 Å². The van der Waals surface area contributed by atoms with Crippen LogP contribution in [-0.2, 0) is 0 Å². The summed E-state index contributed by atoms with van der Waals surface area (Å²) in [5, 5.41) is 7.32. The lowest BCUT2D eigenvalue weighted by Crippen LogP contribution is -2.15. The largest absolute Gasteiger partial charge is 0.322 e. The van der Waals surface area contributed by atoms with Gasteiger partial charge in [0.05, 0.1) is 17.5 Å². The molecule has 1 aromatic carbocycles. The van der Waals surface area contributed by atoms with Gasteiger partial charge in [0.1, 0.15) is 0 Å². The number of nitrogens with zero attached hydrogens (tertiary/aromatic N) is 3. The lowest BCUT2D eigenvalue weighted by Gasteiger charge is -2.12. The zero-order valence-electron chi connectivity index (χ0n) is 13.4. The second-order valence-corrected chi connectivity index (χ2v) is 6.91. The number of nitrogens with one attached hydrogen (secondary N) is 1. The molecule has 0 unspecified atom stereocenters. The number of carbonyl (C=O) groups excluding carboxylic acids is 1. The fourth-order valence-corrected chi connectivity index (χ4v) is 3.06. The molecule has 2 heterocycles. The smallest absolute Gasteiger partial charge is 0.259 e. The van der Waals surface area contributed by atoms with Gasteiger partial charge in [-0.1, -0.05) is 26.0 Å². The van der Waals surface area contributed by atoms with Crippen molar-refractivity contribution in [2.75, 3.05) is 5.32 Å². The van der Waals surface area contributed by atoms with E-state index in [-0.39, 0.29) is 11.8 Å². The average Bonchev–Trinajstić information content (AvgIpc) is 3.01. The molecule has 0 spiro atoms. The Morgan fingerprint density at radius 2 is 2.04 bits per heavy atom. The number of rotatable bonds is 4. The molecule has 0 saturated carbocycles. The zero-order chi connectivity index (χ0) is 17.1. The number of halogens is 1. The molecule has 1 amide bonds. The molecule has 3 rings (SSSR count). The molecule has 0 aliphatic rings. The van der Waals surface area contributed by atoms with Gasteiger partial charge in [0.25, 0.3) is 5.91 Å². The highest BCUT2D eigenvalue weighted by Crippen LogP contribution is 2.23. The number of hydrogen-bond acceptors (Lipinski definition) is 3. The maximum Gasteiger partial charge on any atom is 0.259 e. The van der Waals surface area contributed by atoms with Crippen molar-refractivity contribution in [3.8, 4) is 5.82 Å². The number of anilines is 1. The van der Waals surface area contributed by atoms with Gasteiger partial charge in [-0.3, -0.25) is 4.79 Å². The summed E-state index contributed by atoms with van der Waals surface area (Å²) in [5.41, 5.74) is 2.18.